The summed E-state index contributed by atoms with van der Waals surface area (Å²) in [7, 11) is -7.03. The normalized spacial score (nSPS) is 11.8. The van der Waals surface area contributed by atoms with Crippen LogP contribution in [0.25, 0.3) is 0 Å². The number of ether oxygens (including phenoxy) is 1. The Labute approximate surface area is 145 Å². The Morgan fingerprint density at radius 2 is 1.64 bits per heavy atom. The molecule has 2 aromatic carbocycles. The number of esters is 1. The number of primary sulfonamides is 1. The van der Waals surface area contributed by atoms with E-state index in [-0.39, 0.29) is 21.0 Å². The van der Waals surface area contributed by atoms with Crippen LogP contribution in [0.1, 0.15) is 15.9 Å². The molecule has 0 radical (unpaired) electrons. The fourth-order valence-corrected chi connectivity index (χ4v) is 3.90. The van der Waals surface area contributed by atoms with Gasteiger partial charge in [0.2, 0.25) is 10.0 Å². The van der Waals surface area contributed by atoms with Crippen LogP contribution in [0.4, 0.5) is 5.69 Å². The van der Waals surface area contributed by atoms with Crippen molar-refractivity contribution in [2.75, 3.05) is 11.8 Å². The van der Waals surface area contributed by atoms with Crippen LogP contribution in [0.5, 0.6) is 0 Å². The highest BCUT2D eigenvalue weighted by molar-refractivity contribution is 7.93. The maximum Gasteiger partial charge on any atom is 0.340 e. The molecule has 0 amide bonds. The van der Waals surface area contributed by atoms with Gasteiger partial charge in [0.25, 0.3) is 10.0 Å². The standard InChI is InChI=1S/C15H16N2O6S2/c1-10-5-3-8-13(14(10)15(18)23-2)17-25(21,22)12-7-4-6-11(9-12)24(16,19)20/h3-9,17H,1-2H3,(H2,16,19,20). The molecule has 0 unspecified atom stereocenters. The highest BCUT2D eigenvalue weighted by Crippen LogP contribution is 2.24. The smallest absolute Gasteiger partial charge is 0.340 e. The molecule has 0 heterocycles. The summed E-state index contributed by atoms with van der Waals surface area (Å²) < 4.78 is 54.9. The van der Waals surface area contributed by atoms with E-state index < -0.39 is 26.0 Å². The molecule has 8 nitrogen and oxygen atoms in total. The maximum absolute atomic E-state index is 12.6. The zero-order chi connectivity index (χ0) is 18.8. The zero-order valence-corrected chi connectivity index (χ0v) is 15.0. The molecule has 0 aromatic heterocycles. The number of carbonyl (C=O) groups is 1. The van der Waals surface area contributed by atoms with Gasteiger partial charge in [-0.05, 0) is 36.8 Å². The molecule has 25 heavy (non-hydrogen) atoms. The van der Waals surface area contributed by atoms with Gasteiger partial charge in [0.1, 0.15) is 0 Å². The van der Waals surface area contributed by atoms with Crippen LogP contribution in [-0.2, 0) is 24.8 Å². The van der Waals surface area contributed by atoms with Gasteiger partial charge in [0, 0.05) is 0 Å². The minimum Gasteiger partial charge on any atom is -0.465 e. The molecule has 2 rings (SSSR count). The number of aryl methyl sites for hydroxylation is 1. The largest absolute Gasteiger partial charge is 0.465 e. The summed E-state index contributed by atoms with van der Waals surface area (Å²) in [6, 6.07) is 9.19. The average molecular weight is 384 g/mol. The van der Waals surface area contributed by atoms with E-state index in [4.69, 9.17) is 5.14 Å². The molecule has 0 atom stereocenters. The second kappa shape index (κ2) is 6.82. The van der Waals surface area contributed by atoms with Crippen LogP contribution < -0.4 is 9.86 Å². The monoisotopic (exact) mass is 384 g/mol. The number of anilines is 1. The topological polar surface area (TPSA) is 133 Å². The molecular formula is C15H16N2O6S2. The first-order chi connectivity index (χ1) is 11.6. The van der Waals surface area contributed by atoms with Crippen molar-refractivity contribution >= 4 is 31.7 Å². The minimum absolute atomic E-state index is 0.0212. The predicted molar refractivity (Wildman–Crippen MR) is 91.1 cm³/mol. The lowest BCUT2D eigenvalue weighted by molar-refractivity contribution is 0.0601. The fourth-order valence-electron chi connectivity index (χ4n) is 2.15. The number of hydrogen-bond donors (Lipinski definition) is 2. The van der Waals surface area contributed by atoms with Crippen LogP contribution in [0.3, 0.4) is 0 Å². The van der Waals surface area contributed by atoms with E-state index in [1.165, 1.54) is 31.4 Å². The molecule has 0 saturated carbocycles. The lowest BCUT2D eigenvalue weighted by Crippen LogP contribution is -2.18. The zero-order valence-electron chi connectivity index (χ0n) is 13.4. The predicted octanol–water partition coefficient (Wildman–Crippen LogP) is 1.23. The van der Waals surface area contributed by atoms with Crippen molar-refractivity contribution in [2.24, 2.45) is 5.14 Å². The summed E-state index contributed by atoms with van der Waals surface area (Å²) in [5.41, 5.74) is 0.606. The van der Waals surface area contributed by atoms with E-state index in [9.17, 15) is 21.6 Å². The summed E-state index contributed by atoms with van der Waals surface area (Å²) in [5, 5.41) is 5.02. The molecule has 0 aliphatic carbocycles. The number of hydrogen-bond acceptors (Lipinski definition) is 6. The highest BCUT2D eigenvalue weighted by atomic mass is 32.2. The van der Waals surface area contributed by atoms with Gasteiger partial charge in [0.15, 0.2) is 0 Å². The van der Waals surface area contributed by atoms with Crippen LogP contribution in [0.15, 0.2) is 52.3 Å². The van der Waals surface area contributed by atoms with Crippen molar-refractivity contribution < 1.29 is 26.4 Å². The summed E-state index contributed by atoms with van der Waals surface area (Å²) in [6.07, 6.45) is 0. The first kappa shape index (κ1) is 18.9. The lowest BCUT2D eigenvalue weighted by Gasteiger charge is -2.13. The number of nitrogens with one attached hydrogen (secondary N) is 1. The van der Waals surface area contributed by atoms with E-state index in [2.05, 4.69) is 9.46 Å². The van der Waals surface area contributed by atoms with Crippen molar-refractivity contribution in [2.45, 2.75) is 16.7 Å². The third-order valence-corrected chi connectivity index (χ3v) is 5.63. The Bertz CT molecular complexity index is 1030. The maximum atomic E-state index is 12.6. The summed E-state index contributed by atoms with van der Waals surface area (Å²) in [4.78, 5) is 11.3. The number of nitrogens with two attached hydrogens (primary N) is 1. The third-order valence-electron chi connectivity index (χ3n) is 3.35. The lowest BCUT2D eigenvalue weighted by atomic mass is 10.1. The summed E-state index contributed by atoms with van der Waals surface area (Å²) in [6.45, 7) is 1.63. The molecule has 0 aliphatic rings. The van der Waals surface area contributed by atoms with Crippen molar-refractivity contribution in [3.8, 4) is 0 Å². The van der Waals surface area contributed by atoms with Crippen LogP contribution in [-0.4, -0.2) is 29.9 Å². The van der Waals surface area contributed by atoms with Crippen molar-refractivity contribution in [1.82, 2.24) is 0 Å². The van der Waals surface area contributed by atoms with E-state index in [1.807, 2.05) is 0 Å². The minimum atomic E-state index is -4.15. The molecule has 0 spiro atoms. The molecule has 0 fully saturated rings. The van der Waals surface area contributed by atoms with Gasteiger partial charge < -0.3 is 4.74 Å². The Balaban J connectivity index is 2.51. The number of benzene rings is 2. The van der Waals surface area contributed by atoms with E-state index in [0.717, 1.165) is 6.07 Å². The van der Waals surface area contributed by atoms with Crippen molar-refractivity contribution in [3.05, 3.63) is 53.6 Å². The molecule has 2 aromatic rings. The molecule has 134 valence electrons. The van der Waals surface area contributed by atoms with Gasteiger partial charge >= 0.3 is 5.97 Å². The summed E-state index contributed by atoms with van der Waals surface area (Å²) in [5.74, 6) is -0.700. The van der Waals surface area contributed by atoms with Gasteiger partial charge in [-0.3, -0.25) is 4.72 Å². The molecule has 0 aliphatic heterocycles. The summed E-state index contributed by atoms with van der Waals surface area (Å²) >= 11 is 0. The molecule has 0 saturated heterocycles. The van der Waals surface area contributed by atoms with E-state index >= 15 is 0 Å². The molecule has 0 bridgehead atoms. The molecule has 10 heteroatoms. The molecular weight excluding hydrogens is 368 g/mol. The van der Waals surface area contributed by atoms with Gasteiger partial charge in [-0.1, -0.05) is 18.2 Å². The quantitative estimate of drug-likeness (QED) is 0.745. The SMILES string of the molecule is COC(=O)c1c(C)cccc1NS(=O)(=O)c1cccc(S(N)(=O)=O)c1. The average Bonchev–Trinajstić information content (AvgIpc) is 2.53. The van der Waals surface area contributed by atoms with Crippen molar-refractivity contribution in [3.63, 3.8) is 0 Å². The number of sulfonamides is 2. The second-order valence-electron chi connectivity index (χ2n) is 5.11. The first-order valence-corrected chi connectivity index (χ1v) is 9.93. The van der Waals surface area contributed by atoms with Crippen molar-refractivity contribution in [1.29, 1.82) is 0 Å². The fraction of sp³-hybridized carbons (Fsp3) is 0.133. The van der Waals surface area contributed by atoms with Gasteiger partial charge in [0.05, 0.1) is 28.2 Å². The first-order valence-electron chi connectivity index (χ1n) is 6.90. The number of carbonyl (C=O) groups excluding carboxylic acids is 1. The van der Waals surface area contributed by atoms with Crippen LogP contribution in [0.2, 0.25) is 0 Å². The Morgan fingerprint density at radius 1 is 1.04 bits per heavy atom. The Morgan fingerprint density at radius 3 is 2.24 bits per heavy atom. The number of rotatable bonds is 5. The van der Waals surface area contributed by atoms with Crippen LogP contribution >= 0.6 is 0 Å². The van der Waals surface area contributed by atoms with Gasteiger partial charge in [-0.2, -0.15) is 0 Å². The van der Waals surface area contributed by atoms with Gasteiger partial charge in [-0.25, -0.2) is 26.8 Å². The Kier molecular flexibility index (Phi) is 5.16. The van der Waals surface area contributed by atoms with E-state index in [0.29, 0.717) is 5.56 Å². The third kappa shape index (κ3) is 4.16. The highest BCUT2D eigenvalue weighted by Gasteiger charge is 2.22. The van der Waals surface area contributed by atoms with E-state index in [1.54, 1.807) is 19.1 Å². The Hall–Kier alpha value is -2.43. The van der Waals surface area contributed by atoms with Gasteiger partial charge in [-0.15, -0.1) is 0 Å². The second-order valence-corrected chi connectivity index (χ2v) is 8.36. The van der Waals surface area contributed by atoms with Crippen LogP contribution in [0, 0.1) is 6.92 Å². The number of methoxy groups -OCH3 is 1. The molecule has 3 N–H and O–H groups in total.